The Bertz CT molecular complexity index is 319. The molecule has 0 atom stereocenters. The maximum absolute atomic E-state index is 11.2. The Morgan fingerprint density at radius 2 is 2.00 bits per heavy atom. The van der Waals surface area contributed by atoms with Crippen molar-refractivity contribution in [2.24, 2.45) is 0 Å². The summed E-state index contributed by atoms with van der Waals surface area (Å²) in [6.45, 7) is 0. The second-order valence-electron chi connectivity index (χ2n) is 2.61. The topological polar surface area (TPSA) is 17.1 Å². The molecule has 0 saturated heterocycles. The Morgan fingerprint density at radius 1 is 1.17 bits per heavy atom. The van der Waals surface area contributed by atoms with Crippen LogP contribution >= 0.6 is 0 Å². The van der Waals surface area contributed by atoms with E-state index in [1.165, 1.54) is 0 Å². The molecule has 62 valence electrons. The quantitative estimate of drug-likeness (QED) is 0.562. The van der Waals surface area contributed by atoms with Gasteiger partial charge in [-0.15, -0.1) is 0 Å². The third-order valence-electron chi connectivity index (χ3n) is 1.88. The maximum atomic E-state index is 11.2. The Morgan fingerprint density at radius 3 is 2.83 bits per heavy atom. The summed E-state index contributed by atoms with van der Waals surface area (Å²) in [5.41, 5.74) is 1.93. The molecule has 0 unspecified atom stereocenters. The summed E-state index contributed by atoms with van der Waals surface area (Å²) in [4.78, 5) is 11.2. The molecule has 12 heavy (non-hydrogen) atoms. The second kappa shape index (κ2) is 4.22. The average Bonchev–Trinajstić information content (AvgIpc) is 2.25. The fourth-order valence-electron chi connectivity index (χ4n) is 1.31. The van der Waals surface area contributed by atoms with Gasteiger partial charge < -0.3 is 0 Å². The fourth-order valence-corrected chi connectivity index (χ4v) is 1.31. The van der Waals surface area contributed by atoms with Gasteiger partial charge in [-0.2, -0.15) is 0 Å². The Kier molecular flexibility index (Phi) is 3.51. The summed E-state index contributed by atoms with van der Waals surface area (Å²) in [6, 6.07) is 0. The van der Waals surface area contributed by atoms with Crippen LogP contribution in [0.25, 0.3) is 0 Å². The maximum Gasteiger partial charge on any atom is 0.167 e. The largest absolute Gasteiger partial charge is 0.294 e. The van der Waals surface area contributed by atoms with Crippen molar-refractivity contribution in [3.63, 3.8) is 0 Å². The first kappa shape index (κ1) is 9.97. The van der Waals surface area contributed by atoms with E-state index in [1.807, 2.05) is 36.5 Å². The zero-order valence-corrected chi connectivity index (χ0v) is 7.14. The molecule has 1 nitrogen and oxygen atoms in total. The van der Waals surface area contributed by atoms with E-state index < -0.39 is 0 Å². The molecular weight excluding hydrogens is 176 g/mol. The van der Waals surface area contributed by atoms with Crippen LogP contribution in [-0.4, -0.2) is 5.78 Å². The molecule has 0 aromatic rings. The van der Waals surface area contributed by atoms with Crippen LogP contribution in [0.3, 0.4) is 0 Å². The fraction of sp³-hybridized carbons (Fsp3) is 0.100. The van der Waals surface area contributed by atoms with Gasteiger partial charge in [0.05, 0.1) is 0 Å². The molecule has 2 aliphatic carbocycles. The number of Topliss-reactive ketones (excluding diaryl/α,β-unsaturated/α-hetero) is 1. The predicted octanol–water partition coefficient (Wildman–Crippen LogP) is 1.94. The summed E-state index contributed by atoms with van der Waals surface area (Å²) < 4.78 is 0. The summed E-state index contributed by atoms with van der Waals surface area (Å²) >= 11 is 0. The van der Waals surface area contributed by atoms with Gasteiger partial charge in [-0.25, -0.2) is 0 Å². The third kappa shape index (κ3) is 1.79. The van der Waals surface area contributed by atoms with Crippen LogP contribution in [0.5, 0.6) is 0 Å². The molecule has 0 N–H and O–H groups in total. The molecule has 0 spiro atoms. The van der Waals surface area contributed by atoms with Crippen molar-refractivity contribution in [1.29, 1.82) is 0 Å². The third-order valence-corrected chi connectivity index (χ3v) is 1.88. The van der Waals surface area contributed by atoms with E-state index >= 15 is 0 Å². The zero-order valence-electron chi connectivity index (χ0n) is 6.43. The number of hydrogen-bond acceptors (Lipinski definition) is 1. The Balaban J connectivity index is 0.000000720. The van der Waals surface area contributed by atoms with Crippen LogP contribution in [0.15, 0.2) is 47.6 Å². The van der Waals surface area contributed by atoms with Gasteiger partial charge >= 0.3 is 0 Å². The summed E-state index contributed by atoms with van der Waals surface area (Å²) in [5, 5.41) is 0. The first-order chi connectivity index (χ1) is 5.38. The predicted molar refractivity (Wildman–Crippen MR) is 44.1 cm³/mol. The van der Waals surface area contributed by atoms with Crippen LogP contribution in [0.1, 0.15) is 6.42 Å². The first-order valence-electron chi connectivity index (χ1n) is 3.67. The standard InChI is InChI=1S/C10H8O.Ar/c11-10-7-6-8-4-2-1-3-5-9(8)10;/h1-6H,7H2;. The number of fused-ring (bicyclic) bond motifs is 1. The monoisotopic (exact) mass is 184 g/mol. The molecule has 0 aromatic heterocycles. The smallest absolute Gasteiger partial charge is 0.167 e. The summed E-state index contributed by atoms with van der Waals surface area (Å²) in [7, 11) is 0. The van der Waals surface area contributed by atoms with Gasteiger partial charge in [-0.1, -0.05) is 36.5 Å². The minimum Gasteiger partial charge on any atom is -0.294 e. The molecule has 0 saturated carbocycles. The molecule has 2 aliphatic rings. The molecule has 0 bridgehead atoms. The van der Waals surface area contributed by atoms with Gasteiger partial charge in [0.15, 0.2) is 5.78 Å². The van der Waals surface area contributed by atoms with Gasteiger partial charge in [0.25, 0.3) is 0 Å². The number of hydrogen-bond donors (Lipinski definition) is 0. The molecule has 0 amide bonds. The molecule has 2 rings (SSSR count). The van der Waals surface area contributed by atoms with E-state index in [2.05, 4.69) is 0 Å². The zero-order chi connectivity index (χ0) is 7.68. The van der Waals surface area contributed by atoms with Crippen molar-refractivity contribution in [3.05, 3.63) is 47.6 Å². The van der Waals surface area contributed by atoms with Gasteiger partial charge in [0.1, 0.15) is 0 Å². The average molecular weight is 184 g/mol. The van der Waals surface area contributed by atoms with Crippen molar-refractivity contribution in [2.75, 3.05) is 0 Å². The first-order valence-corrected chi connectivity index (χ1v) is 3.67. The number of rotatable bonds is 0. The number of carbonyl (C=O) groups excluding carboxylic acids is 1. The van der Waals surface area contributed by atoms with E-state index in [4.69, 9.17) is 0 Å². The van der Waals surface area contributed by atoms with Crippen molar-refractivity contribution >= 4 is 5.78 Å². The molecule has 0 radical (unpaired) electrons. The number of allylic oxidation sites excluding steroid dienone is 8. The van der Waals surface area contributed by atoms with Crippen LogP contribution in [0, 0.1) is 37.7 Å². The number of ketones is 1. The van der Waals surface area contributed by atoms with E-state index in [0.717, 1.165) is 11.1 Å². The van der Waals surface area contributed by atoms with Gasteiger partial charge in [0, 0.05) is 49.7 Å². The Hall–Kier alpha value is -0.110. The normalized spacial score (nSPS) is 19.2. The van der Waals surface area contributed by atoms with Gasteiger partial charge in [-0.3, -0.25) is 4.79 Å². The minimum atomic E-state index is 0. The van der Waals surface area contributed by atoms with E-state index in [0.29, 0.717) is 6.42 Å². The van der Waals surface area contributed by atoms with Crippen molar-refractivity contribution in [1.82, 2.24) is 0 Å². The molecule has 0 aromatic carbocycles. The number of carbonyl (C=O) groups is 1. The molecule has 0 heterocycles. The SMILES string of the molecule is O=C1CC=C2C=CC=CC=C12.[Ar]. The van der Waals surface area contributed by atoms with Crippen molar-refractivity contribution in [2.45, 2.75) is 6.42 Å². The summed E-state index contributed by atoms with van der Waals surface area (Å²) in [6.07, 6.45) is 12.2. The summed E-state index contributed by atoms with van der Waals surface area (Å²) in [5.74, 6) is 0.233. The van der Waals surface area contributed by atoms with Gasteiger partial charge in [0.2, 0.25) is 0 Å². The molecule has 2 heteroatoms. The van der Waals surface area contributed by atoms with Crippen LogP contribution < -0.4 is 0 Å². The van der Waals surface area contributed by atoms with E-state index in [1.54, 1.807) is 0 Å². The van der Waals surface area contributed by atoms with E-state index in [-0.39, 0.29) is 43.5 Å². The second-order valence-corrected chi connectivity index (χ2v) is 2.61. The van der Waals surface area contributed by atoms with Crippen molar-refractivity contribution in [3.8, 4) is 0 Å². The van der Waals surface area contributed by atoms with Crippen LogP contribution in [0.4, 0.5) is 0 Å². The van der Waals surface area contributed by atoms with Crippen LogP contribution in [-0.2, 0) is 4.79 Å². The molecular formula is C10H8ArO. The van der Waals surface area contributed by atoms with Crippen LogP contribution in [0.2, 0.25) is 0 Å². The Labute approximate surface area is 102 Å². The molecule has 0 aliphatic heterocycles. The minimum absolute atomic E-state index is 0. The van der Waals surface area contributed by atoms with Gasteiger partial charge in [-0.05, 0) is 5.57 Å². The van der Waals surface area contributed by atoms with Crippen molar-refractivity contribution < 1.29 is 42.5 Å². The molecule has 0 fully saturated rings. The van der Waals surface area contributed by atoms with E-state index in [9.17, 15) is 4.79 Å².